The Morgan fingerprint density at radius 2 is 2.00 bits per heavy atom. The Kier molecular flexibility index (Phi) is 4.61. The first-order valence-corrected chi connectivity index (χ1v) is 9.24. The standard InChI is InChI=1S/C16H27NO2S/c1-19-15(18)16(17-13-6-7-13)9-8-14(10-16)20-11-12-4-2-3-5-12/h12-14,17H,2-11H2,1H3. The van der Waals surface area contributed by atoms with Crippen molar-refractivity contribution >= 4 is 17.7 Å². The Hall–Kier alpha value is -0.220. The zero-order chi connectivity index (χ0) is 14.0. The Balaban J connectivity index is 1.52. The van der Waals surface area contributed by atoms with Crippen LogP contribution in [-0.2, 0) is 9.53 Å². The largest absolute Gasteiger partial charge is 0.468 e. The molecule has 0 saturated heterocycles. The van der Waals surface area contributed by atoms with E-state index in [9.17, 15) is 4.79 Å². The fourth-order valence-electron chi connectivity index (χ4n) is 3.78. The van der Waals surface area contributed by atoms with Crippen LogP contribution in [0.4, 0.5) is 0 Å². The van der Waals surface area contributed by atoms with Crippen LogP contribution < -0.4 is 5.32 Å². The van der Waals surface area contributed by atoms with E-state index < -0.39 is 0 Å². The van der Waals surface area contributed by atoms with Gasteiger partial charge in [-0.1, -0.05) is 12.8 Å². The van der Waals surface area contributed by atoms with E-state index in [0.29, 0.717) is 11.3 Å². The van der Waals surface area contributed by atoms with Gasteiger partial charge in [-0.05, 0) is 56.6 Å². The van der Waals surface area contributed by atoms with Gasteiger partial charge < -0.3 is 4.74 Å². The summed E-state index contributed by atoms with van der Waals surface area (Å²) in [6.07, 6.45) is 11.2. The molecule has 3 nitrogen and oxygen atoms in total. The average Bonchev–Trinajstić information content (AvgIpc) is 2.95. The van der Waals surface area contributed by atoms with Gasteiger partial charge in [-0.25, -0.2) is 0 Å². The molecule has 2 atom stereocenters. The number of ether oxygens (including phenoxy) is 1. The minimum Gasteiger partial charge on any atom is -0.468 e. The molecule has 3 rings (SSSR count). The maximum absolute atomic E-state index is 12.2. The van der Waals surface area contributed by atoms with Crippen LogP contribution in [-0.4, -0.2) is 35.7 Å². The number of hydrogen-bond donors (Lipinski definition) is 1. The van der Waals surface area contributed by atoms with Gasteiger partial charge in [0.2, 0.25) is 0 Å². The van der Waals surface area contributed by atoms with Crippen LogP contribution in [0.5, 0.6) is 0 Å². The third-order valence-corrected chi connectivity index (χ3v) is 6.68. The maximum atomic E-state index is 12.2. The fraction of sp³-hybridized carbons (Fsp3) is 0.938. The highest BCUT2D eigenvalue weighted by Crippen LogP contribution is 2.41. The molecule has 3 fully saturated rings. The first kappa shape index (κ1) is 14.7. The molecule has 1 N–H and O–H groups in total. The molecule has 0 aromatic carbocycles. The second-order valence-corrected chi connectivity index (χ2v) is 8.17. The molecule has 2 unspecified atom stereocenters. The highest BCUT2D eigenvalue weighted by molar-refractivity contribution is 7.99. The Labute approximate surface area is 126 Å². The third kappa shape index (κ3) is 3.33. The van der Waals surface area contributed by atoms with Crippen LogP contribution in [0.25, 0.3) is 0 Å². The summed E-state index contributed by atoms with van der Waals surface area (Å²) in [6.45, 7) is 0. The van der Waals surface area contributed by atoms with Crippen molar-refractivity contribution < 1.29 is 9.53 Å². The molecule has 0 aliphatic heterocycles. The molecule has 0 heterocycles. The van der Waals surface area contributed by atoms with E-state index >= 15 is 0 Å². The van der Waals surface area contributed by atoms with Crippen molar-refractivity contribution in [2.24, 2.45) is 5.92 Å². The number of nitrogens with one attached hydrogen (secondary N) is 1. The van der Waals surface area contributed by atoms with Crippen molar-refractivity contribution in [2.45, 2.75) is 74.6 Å². The highest BCUT2D eigenvalue weighted by atomic mass is 32.2. The maximum Gasteiger partial charge on any atom is 0.326 e. The molecule has 0 bridgehead atoms. The van der Waals surface area contributed by atoms with Gasteiger partial charge in [-0.15, -0.1) is 0 Å². The van der Waals surface area contributed by atoms with E-state index in [1.807, 2.05) is 0 Å². The molecule has 0 aromatic rings. The van der Waals surface area contributed by atoms with E-state index in [4.69, 9.17) is 4.74 Å². The topological polar surface area (TPSA) is 38.3 Å². The molecular formula is C16H27NO2S. The lowest BCUT2D eigenvalue weighted by Crippen LogP contribution is -2.52. The molecule has 4 heteroatoms. The van der Waals surface area contributed by atoms with Crippen LogP contribution in [0.3, 0.4) is 0 Å². The zero-order valence-corrected chi connectivity index (χ0v) is 13.3. The lowest BCUT2D eigenvalue weighted by atomic mass is 9.97. The summed E-state index contributed by atoms with van der Waals surface area (Å²) in [4.78, 5) is 12.2. The first-order chi connectivity index (χ1) is 9.72. The lowest BCUT2D eigenvalue weighted by molar-refractivity contribution is -0.148. The van der Waals surface area contributed by atoms with E-state index in [2.05, 4.69) is 17.1 Å². The number of methoxy groups -OCH3 is 1. The number of carbonyl (C=O) groups excluding carboxylic acids is 1. The van der Waals surface area contributed by atoms with Gasteiger partial charge >= 0.3 is 5.97 Å². The van der Waals surface area contributed by atoms with Crippen molar-refractivity contribution in [3.8, 4) is 0 Å². The number of hydrogen-bond acceptors (Lipinski definition) is 4. The predicted octanol–water partition coefficient (Wildman–Crippen LogP) is 3.13. The molecule has 3 aliphatic rings. The SMILES string of the molecule is COC(=O)C1(NC2CC2)CCC(SCC2CCCC2)C1. The molecule has 0 radical (unpaired) electrons. The number of rotatable bonds is 6. The minimum absolute atomic E-state index is 0.0339. The van der Waals surface area contributed by atoms with Crippen LogP contribution in [0.2, 0.25) is 0 Å². The first-order valence-electron chi connectivity index (χ1n) is 8.19. The second kappa shape index (κ2) is 6.27. The quantitative estimate of drug-likeness (QED) is 0.765. The van der Waals surface area contributed by atoms with Gasteiger partial charge in [0.25, 0.3) is 0 Å². The van der Waals surface area contributed by atoms with Crippen LogP contribution in [0, 0.1) is 5.92 Å². The van der Waals surface area contributed by atoms with Gasteiger partial charge in [0, 0.05) is 11.3 Å². The summed E-state index contributed by atoms with van der Waals surface area (Å²) < 4.78 is 5.08. The molecule has 114 valence electrons. The lowest BCUT2D eigenvalue weighted by Gasteiger charge is -2.28. The molecule has 3 aliphatic carbocycles. The van der Waals surface area contributed by atoms with E-state index in [-0.39, 0.29) is 11.5 Å². The normalized spacial score (nSPS) is 34.5. The Morgan fingerprint density at radius 1 is 1.25 bits per heavy atom. The van der Waals surface area contributed by atoms with E-state index in [1.54, 1.807) is 0 Å². The summed E-state index contributed by atoms with van der Waals surface area (Å²) in [5.74, 6) is 2.20. The van der Waals surface area contributed by atoms with Crippen LogP contribution >= 0.6 is 11.8 Å². The van der Waals surface area contributed by atoms with E-state index in [0.717, 1.165) is 25.2 Å². The van der Waals surface area contributed by atoms with Crippen LogP contribution in [0.15, 0.2) is 0 Å². The van der Waals surface area contributed by atoms with Crippen molar-refractivity contribution in [3.05, 3.63) is 0 Å². The highest BCUT2D eigenvalue weighted by Gasteiger charge is 2.48. The van der Waals surface area contributed by atoms with Gasteiger partial charge in [-0.3, -0.25) is 10.1 Å². The molecular weight excluding hydrogens is 270 g/mol. The van der Waals surface area contributed by atoms with Crippen LogP contribution in [0.1, 0.15) is 57.8 Å². The minimum atomic E-state index is -0.372. The second-order valence-electron chi connectivity index (χ2n) is 6.84. The monoisotopic (exact) mass is 297 g/mol. The number of esters is 1. The Morgan fingerprint density at radius 3 is 2.65 bits per heavy atom. The summed E-state index contributed by atoms with van der Waals surface area (Å²) in [7, 11) is 1.53. The predicted molar refractivity (Wildman–Crippen MR) is 83.0 cm³/mol. The van der Waals surface area contributed by atoms with Crippen molar-refractivity contribution in [2.75, 3.05) is 12.9 Å². The fourth-order valence-corrected chi connectivity index (χ4v) is 5.35. The van der Waals surface area contributed by atoms with Crippen molar-refractivity contribution in [3.63, 3.8) is 0 Å². The summed E-state index contributed by atoms with van der Waals surface area (Å²) >= 11 is 2.11. The summed E-state index contributed by atoms with van der Waals surface area (Å²) in [6, 6.07) is 0.563. The number of thioether (sulfide) groups is 1. The van der Waals surface area contributed by atoms with Gasteiger partial charge in [-0.2, -0.15) is 11.8 Å². The zero-order valence-electron chi connectivity index (χ0n) is 12.5. The summed E-state index contributed by atoms with van der Waals surface area (Å²) in [5.41, 5.74) is -0.372. The molecule has 0 aromatic heterocycles. The smallest absolute Gasteiger partial charge is 0.326 e. The Bertz CT molecular complexity index is 352. The molecule has 3 saturated carbocycles. The van der Waals surface area contributed by atoms with Gasteiger partial charge in [0.15, 0.2) is 0 Å². The third-order valence-electron chi connectivity index (χ3n) is 5.15. The van der Waals surface area contributed by atoms with Crippen molar-refractivity contribution in [1.29, 1.82) is 0 Å². The molecule has 0 spiro atoms. The number of carbonyl (C=O) groups is 1. The summed E-state index contributed by atoms with van der Waals surface area (Å²) in [5, 5.41) is 4.23. The molecule has 0 amide bonds. The van der Waals surface area contributed by atoms with E-state index in [1.165, 1.54) is 51.4 Å². The molecule has 20 heavy (non-hydrogen) atoms. The van der Waals surface area contributed by atoms with Gasteiger partial charge in [0.05, 0.1) is 7.11 Å². The average molecular weight is 297 g/mol. The van der Waals surface area contributed by atoms with Gasteiger partial charge in [0.1, 0.15) is 5.54 Å². The van der Waals surface area contributed by atoms with Crippen molar-refractivity contribution in [1.82, 2.24) is 5.32 Å².